The van der Waals surface area contributed by atoms with Crippen molar-refractivity contribution < 1.29 is 0 Å². The zero-order valence-corrected chi connectivity index (χ0v) is 14.2. The van der Waals surface area contributed by atoms with Gasteiger partial charge in [-0.2, -0.15) is 0 Å². The summed E-state index contributed by atoms with van der Waals surface area (Å²) in [5.74, 6) is 3.10. The first kappa shape index (κ1) is 13.6. The van der Waals surface area contributed by atoms with Crippen molar-refractivity contribution >= 4 is 27.5 Å². The van der Waals surface area contributed by atoms with Gasteiger partial charge in [0.2, 0.25) is 0 Å². The molecule has 108 valence electrons. The lowest BCUT2D eigenvalue weighted by atomic mass is 9.48. The van der Waals surface area contributed by atoms with E-state index in [9.17, 15) is 0 Å². The highest BCUT2D eigenvalue weighted by molar-refractivity contribution is 9.09. The van der Waals surface area contributed by atoms with E-state index < -0.39 is 0 Å². The molecule has 0 heterocycles. The van der Waals surface area contributed by atoms with Crippen molar-refractivity contribution in [3.8, 4) is 0 Å². The molecule has 1 aromatic rings. The van der Waals surface area contributed by atoms with Crippen LogP contribution in [0.15, 0.2) is 24.3 Å². The van der Waals surface area contributed by atoms with Gasteiger partial charge in [0.1, 0.15) is 0 Å². The molecule has 4 bridgehead atoms. The summed E-state index contributed by atoms with van der Waals surface area (Å²) in [6.45, 7) is 0. The van der Waals surface area contributed by atoms with Crippen molar-refractivity contribution in [1.82, 2.24) is 0 Å². The minimum Gasteiger partial charge on any atom is -0.0881 e. The van der Waals surface area contributed by atoms with Crippen LogP contribution in [0.5, 0.6) is 0 Å². The first-order valence-corrected chi connectivity index (χ1v) is 9.31. The summed E-state index contributed by atoms with van der Waals surface area (Å²) >= 11 is 10.1. The maximum Gasteiger partial charge on any atom is 0.0406 e. The molecule has 4 aliphatic carbocycles. The van der Waals surface area contributed by atoms with E-state index in [1.807, 2.05) is 12.1 Å². The number of hydrogen-bond donors (Lipinski definition) is 0. The van der Waals surface area contributed by atoms with E-state index >= 15 is 0 Å². The Bertz CT molecular complexity index is 457. The molecule has 4 fully saturated rings. The fraction of sp³-hybridized carbons (Fsp3) is 0.667. The summed E-state index contributed by atoms with van der Waals surface area (Å²) < 4.78 is 0. The maximum atomic E-state index is 5.99. The molecule has 0 spiro atoms. The number of alkyl halides is 1. The van der Waals surface area contributed by atoms with Crippen molar-refractivity contribution in [1.29, 1.82) is 0 Å². The fourth-order valence-corrected chi connectivity index (χ4v) is 6.67. The normalized spacial score (nSPS) is 40.0. The predicted molar refractivity (Wildman–Crippen MR) is 88.5 cm³/mol. The largest absolute Gasteiger partial charge is 0.0881 e. The number of rotatable bonds is 3. The first-order chi connectivity index (χ1) is 9.63. The minimum atomic E-state index is 0.592. The Labute approximate surface area is 135 Å². The zero-order valence-electron chi connectivity index (χ0n) is 11.8. The Kier molecular flexibility index (Phi) is 3.42. The van der Waals surface area contributed by atoms with Crippen molar-refractivity contribution in [3.63, 3.8) is 0 Å². The monoisotopic (exact) mass is 352 g/mol. The van der Waals surface area contributed by atoms with Gasteiger partial charge in [-0.15, -0.1) is 0 Å². The lowest BCUT2D eigenvalue weighted by molar-refractivity contribution is -0.0522. The van der Waals surface area contributed by atoms with E-state index in [2.05, 4.69) is 28.1 Å². The molecule has 2 heteroatoms. The molecule has 4 saturated carbocycles. The molecular formula is C18H22BrCl. The smallest absolute Gasteiger partial charge is 0.0406 e. The van der Waals surface area contributed by atoms with Gasteiger partial charge in [0.05, 0.1) is 0 Å². The second kappa shape index (κ2) is 5.02. The van der Waals surface area contributed by atoms with E-state index in [0.717, 1.165) is 29.2 Å². The average Bonchev–Trinajstić information content (AvgIpc) is 2.40. The summed E-state index contributed by atoms with van der Waals surface area (Å²) in [5.41, 5.74) is 2.01. The highest BCUT2D eigenvalue weighted by atomic mass is 79.9. The Morgan fingerprint density at radius 1 is 1.00 bits per heavy atom. The summed E-state index contributed by atoms with van der Waals surface area (Å²) in [4.78, 5) is 0.643. The molecule has 5 rings (SSSR count). The molecule has 1 atom stereocenters. The van der Waals surface area contributed by atoms with Crippen molar-refractivity contribution in [2.45, 2.75) is 49.8 Å². The van der Waals surface area contributed by atoms with Gasteiger partial charge < -0.3 is 0 Å². The number of hydrogen-bond acceptors (Lipinski definition) is 0. The molecule has 0 aromatic heterocycles. The average molecular weight is 354 g/mol. The quantitative estimate of drug-likeness (QED) is 0.597. The highest BCUT2D eigenvalue weighted by Gasteiger charge is 2.53. The molecule has 0 amide bonds. The molecule has 4 aliphatic rings. The predicted octanol–water partition coefficient (Wildman–Crippen LogP) is 5.86. The van der Waals surface area contributed by atoms with Gasteiger partial charge in [-0.3, -0.25) is 0 Å². The van der Waals surface area contributed by atoms with E-state index in [4.69, 9.17) is 11.6 Å². The third-order valence-corrected chi connectivity index (χ3v) is 7.63. The molecule has 1 unspecified atom stereocenters. The van der Waals surface area contributed by atoms with Crippen LogP contribution in [-0.4, -0.2) is 4.83 Å². The number of benzene rings is 1. The Balaban J connectivity index is 1.53. The van der Waals surface area contributed by atoms with Crippen molar-refractivity contribution in [2.24, 2.45) is 23.2 Å². The Morgan fingerprint density at radius 3 is 2.00 bits per heavy atom. The zero-order chi connectivity index (χ0) is 13.7. The van der Waals surface area contributed by atoms with E-state index in [1.165, 1.54) is 44.1 Å². The van der Waals surface area contributed by atoms with E-state index in [-0.39, 0.29) is 0 Å². The molecular weight excluding hydrogens is 332 g/mol. The maximum absolute atomic E-state index is 5.99. The summed E-state index contributed by atoms with van der Waals surface area (Å²) in [6.07, 6.45) is 10.2. The molecule has 0 saturated heterocycles. The van der Waals surface area contributed by atoms with Crippen LogP contribution in [0.25, 0.3) is 0 Å². The van der Waals surface area contributed by atoms with Crippen LogP contribution in [-0.2, 0) is 6.42 Å². The second-order valence-electron chi connectivity index (χ2n) is 7.58. The highest BCUT2D eigenvalue weighted by Crippen LogP contribution is 2.62. The van der Waals surface area contributed by atoms with Crippen LogP contribution >= 0.6 is 27.5 Å². The van der Waals surface area contributed by atoms with Gasteiger partial charge in [0, 0.05) is 9.85 Å². The van der Waals surface area contributed by atoms with E-state index in [1.54, 1.807) is 0 Å². The standard InChI is InChI=1S/C18H22BrCl/c19-17(8-12-1-3-16(20)4-2-12)18-9-13-5-14(10-18)7-15(6-13)11-18/h1-4,13-15,17H,5-11H2. The Morgan fingerprint density at radius 2 is 1.50 bits per heavy atom. The minimum absolute atomic E-state index is 0.592. The lowest BCUT2D eigenvalue weighted by Gasteiger charge is -2.58. The Hall–Kier alpha value is -0.0100. The van der Waals surface area contributed by atoms with Crippen LogP contribution in [0.4, 0.5) is 0 Å². The van der Waals surface area contributed by atoms with Crippen LogP contribution in [0.2, 0.25) is 5.02 Å². The van der Waals surface area contributed by atoms with Gasteiger partial charge in [-0.25, -0.2) is 0 Å². The summed E-state index contributed by atoms with van der Waals surface area (Å²) in [7, 11) is 0. The van der Waals surface area contributed by atoms with Gasteiger partial charge in [0.25, 0.3) is 0 Å². The molecule has 0 radical (unpaired) electrons. The first-order valence-electron chi connectivity index (χ1n) is 8.01. The third kappa shape index (κ3) is 2.35. The van der Waals surface area contributed by atoms with Crippen LogP contribution in [0.1, 0.15) is 44.1 Å². The third-order valence-electron chi connectivity index (χ3n) is 6.08. The SMILES string of the molecule is Clc1ccc(CC(Br)C23CC4CC(CC(C4)C2)C3)cc1. The second-order valence-corrected chi connectivity index (χ2v) is 9.12. The van der Waals surface area contributed by atoms with Crippen LogP contribution < -0.4 is 0 Å². The summed E-state index contributed by atoms with van der Waals surface area (Å²) in [6, 6.07) is 8.43. The summed E-state index contributed by atoms with van der Waals surface area (Å²) in [5, 5.41) is 0.842. The van der Waals surface area contributed by atoms with Crippen molar-refractivity contribution in [2.75, 3.05) is 0 Å². The van der Waals surface area contributed by atoms with Gasteiger partial charge in [-0.05, 0) is 85.8 Å². The van der Waals surface area contributed by atoms with Crippen LogP contribution in [0, 0.1) is 23.2 Å². The fourth-order valence-electron chi connectivity index (χ4n) is 5.61. The lowest BCUT2D eigenvalue weighted by Crippen LogP contribution is -2.50. The van der Waals surface area contributed by atoms with Gasteiger partial charge in [0.15, 0.2) is 0 Å². The van der Waals surface area contributed by atoms with Gasteiger partial charge >= 0.3 is 0 Å². The molecule has 1 aromatic carbocycles. The molecule has 0 aliphatic heterocycles. The molecule has 20 heavy (non-hydrogen) atoms. The molecule has 0 N–H and O–H groups in total. The van der Waals surface area contributed by atoms with E-state index in [0.29, 0.717) is 10.2 Å². The topological polar surface area (TPSA) is 0 Å². The van der Waals surface area contributed by atoms with Gasteiger partial charge in [-0.1, -0.05) is 39.7 Å². The van der Waals surface area contributed by atoms with Crippen LogP contribution in [0.3, 0.4) is 0 Å². The number of halogens is 2. The van der Waals surface area contributed by atoms with Crippen molar-refractivity contribution in [3.05, 3.63) is 34.9 Å². The molecule has 0 nitrogen and oxygen atoms in total.